The minimum absolute atomic E-state index is 0.281. The van der Waals surface area contributed by atoms with Gasteiger partial charge < -0.3 is 11.1 Å². The molecule has 0 aliphatic rings. The molecule has 0 spiro atoms. The molecule has 0 fully saturated rings. The fraction of sp³-hybridized carbons (Fsp3) is 0.455. The second-order valence-corrected chi connectivity index (χ2v) is 7.23. The number of amides is 1. The van der Waals surface area contributed by atoms with Gasteiger partial charge >= 0.3 is 0 Å². The van der Waals surface area contributed by atoms with Gasteiger partial charge in [-0.25, -0.2) is 13.4 Å². The second kappa shape index (κ2) is 4.56. The van der Waals surface area contributed by atoms with Crippen LogP contribution in [-0.4, -0.2) is 30.3 Å². The van der Waals surface area contributed by atoms with Gasteiger partial charge in [0, 0.05) is 6.26 Å². The van der Waals surface area contributed by atoms with E-state index < -0.39 is 20.5 Å². The van der Waals surface area contributed by atoms with E-state index in [2.05, 4.69) is 10.3 Å². The molecule has 1 rings (SSSR count). The average Bonchev–Trinajstić information content (AvgIpc) is 2.21. The van der Waals surface area contributed by atoms with Crippen LogP contribution in [0.1, 0.15) is 19.4 Å². The molecule has 0 aliphatic heterocycles. The van der Waals surface area contributed by atoms with Gasteiger partial charge in [-0.15, -0.1) is 0 Å². The average molecular weight is 271 g/mol. The van der Waals surface area contributed by atoms with Crippen LogP contribution in [0.4, 0.5) is 11.5 Å². The summed E-state index contributed by atoms with van der Waals surface area (Å²) in [6, 6.07) is 1.59. The molecule has 0 atom stereocenters. The Morgan fingerprint density at radius 2 is 2.00 bits per heavy atom. The molecule has 100 valence electrons. The Hall–Kier alpha value is -1.63. The van der Waals surface area contributed by atoms with Crippen LogP contribution in [-0.2, 0) is 14.6 Å². The van der Waals surface area contributed by atoms with E-state index in [1.165, 1.54) is 20.0 Å². The maximum atomic E-state index is 11.9. The highest BCUT2D eigenvalue weighted by Gasteiger charge is 2.38. The van der Waals surface area contributed by atoms with E-state index in [0.29, 0.717) is 5.69 Å². The number of pyridine rings is 1. The van der Waals surface area contributed by atoms with Crippen LogP contribution in [0, 0.1) is 6.92 Å². The summed E-state index contributed by atoms with van der Waals surface area (Å²) in [5.41, 5.74) is 6.87. The van der Waals surface area contributed by atoms with Gasteiger partial charge in [-0.3, -0.25) is 4.79 Å². The lowest BCUT2D eigenvalue weighted by atomic mass is 10.2. The van der Waals surface area contributed by atoms with Crippen LogP contribution in [0.2, 0.25) is 0 Å². The number of aryl methyl sites for hydroxylation is 1. The fourth-order valence-corrected chi connectivity index (χ4v) is 1.46. The van der Waals surface area contributed by atoms with Crippen LogP contribution in [0.25, 0.3) is 0 Å². The third kappa shape index (κ3) is 2.79. The van der Waals surface area contributed by atoms with Crippen molar-refractivity contribution < 1.29 is 13.2 Å². The van der Waals surface area contributed by atoms with Crippen molar-refractivity contribution in [2.45, 2.75) is 25.5 Å². The Kier molecular flexibility index (Phi) is 3.66. The van der Waals surface area contributed by atoms with Gasteiger partial charge in [0.15, 0.2) is 9.84 Å². The molecule has 1 aromatic heterocycles. The van der Waals surface area contributed by atoms with Gasteiger partial charge in [-0.2, -0.15) is 0 Å². The predicted octanol–water partition coefficient (Wildman–Crippen LogP) is 0.734. The quantitative estimate of drug-likeness (QED) is 0.844. The van der Waals surface area contributed by atoms with Crippen LogP contribution < -0.4 is 11.1 Å². The Bertz CT molecular complexity index is 579. The number of nitrogens with one attached hydrogen (secondary N) is 1. The SMILES string of the molecule is Cc1cc(NC(=O)C(C)(C)S(C)(=O)=O)ncc1N. The number of anilines is 2. The predicted molar refractivity (Wildman–Crippen MR) is 70.9 cm³/mol. The lowest BCUT2D eigenvalue weighted by Gasteiger charge is -2.21. The fourth-order valence-electron chi connectivity index (χ4n) is 1.07. The molecule has 1 amide bonds. The second-order valence-electron chi connectivity index (χ2n) is 4.66. The Morgan fingerprint density at radius 3 is 2.44 bits per heavy atom. The standard InChI is InChI=1S/C11H17N3O3S/c1-7-5-9(13-6-8(7)12)14-10(15)11(2,3)18(4,16)17/h5-6H,12H2,1-4H3,(H,13,14,15). The first-order valence-corrected chi connectivity index (χ1v) is 7.18. The Labute approximate surface area is 107 Å². The van der Waals surface area contributed by atoms with E-state index in [-0.39, 0.29) is 5.82 Å². The van der Waals surface area contributed by atoms with Crippen molar-refractivity contribution in [2.24, 2.45) is 0 Å². The highest BCUT2D eigenvalue weighted by Crippen LogP contribution is 2.19. The van der Waals surface area contributed by atoms with E-state index in [9.17, 15) is 13.2 Å². The molecular formula is C11H17N3O3S. The highest BCUT2D eigenvalue weighted by atomic mass is 32.2. The smallest absolute Gasteiger partial charge is 0.246 e. The molecule has 0 saturated carbocycles. The van der Waals surface area contributed by atoms with Crippen molar-refractivity contribution in [1.29, 1.82) is 0 Å². The van der Waals surface area contributed by atoms with Crippen molar-refractivity contribution in [3.63, 3.8) is 0 Å². The van der Waals surface area contributed by atoms with Crippen LogP contribution in [0.15, 0.2) is 12.3 Å². The van der Waals surface area contributed by atoms with Crippen molar-refractivity contribution in [2.75, 3.05) is 17.3 Å². The number of carbonyl (C=O) groups excluding carboxylic acids is 1. The van der Waals surface area contributed by atoms with Gasteiger partial charge in [-0.05, 0) is 32.4 Å². The molecule has 7 heteroatoms. The number of nitrogens with two attached hydrogens (primary N) is 1. The number of hydrogen-bond acceptors (Lipinski definition) is 5. The highest BCUT2D eigenvalue weighted by molar-refractivity contribution is 7.92. The number of rotatable bonds is 3. The number of sulfone groups is 1. The number of aromatic nitrogens is 1. The summed E-state index contributed by atoms with van der Waals surface area (Å²) in [5, 5.41) is 2.47. The Morgan fingerprint density at radius 1 is 1.44 bits per heavy atom. The van der Waals surface area contributed by atoms with Gasteiger partial charge in [0.1, 0.15) is 10.6 Å². The molecule has 18 heavy (non-hydrogen) atoms. The summed E-state index contributed by atoms with van der Waals surface area (Å²) >= 11 is 0. The summed E-state index contributed by atoms with van der Waals surface area (Å²) < 4.78 is 21.5. The lowest BCUT2D eigenvalue weighted by molar-refractivity contribution is -0.117. The first kappa shape index (κ1) is 14.4. The zero-order valence-corrected chi connectivity index (χ0v) is 11.6. The molecule has 1 heterocycles. The molecule has 0 radical (unpaired) electrons. The van der Waals surface area contributed by atoms with Crippen molar-refractivity contribution in [3.8, 4) is 0 Å². The number of carbonyl (C=O) groups is 1. The number of nitrogen functional groups attached to an aromatic ring is 1. The summed E-state index contributed by atoms with van der Waals surface area (Å²) in [4.78, 5) is 15.8. The minimum atomic E-state index is -3.50. The summed E-state index contributed by atoms with van der Waals surface area (Å²) in [6.45, 7) is 4.47. The van der Waals surface area contributed by atoms with Crippen molar-refractivity contribution in [1.82, 2.24) is 4.98 Å². The summed E-state index contributed by atoms with van der Waals surface area (Å²) in [7, 11) is -3.50. The molecule has 0 aliphatic carbocycles. The topological polar surface area (TPSA) is 102 Å². The molecule has 0 bridgehead atoms. The number of nitrogens with zero attached hydrogens (tertiary/aromatic N) is 1. The molecule has 3 N–H and O–H groups in total. The monoisotopic (exact) mass is 271 g/mol. The van der Waals surface area contributed by atoms with Crippen molar-refractivity contribution in [3.05, 3.63) is 17.8 Å². The first-order chi connectivity index (χ1) is 8.05. The maximum absolute atomic E-state index is 11.9. The number of hydrogen-bond donors (Lipinski definition) is 2. The van der Waals surface area contributed by atoms with Crippen LogP contribution in [0.5, 0.6) is 0 Å². The largest absolute Gasteiger partial charge is 0.397 e. The molecule has 6 nitrogen and oxygen atoms in total. The van der Waals surface area contributed by atoms with E-state index in [1.807, 2.05) is 0 Å². The third-order valence-corrected chi connectivity index (χ3v) is 4.91. The molecular weight excluding hydrogens is 254 g/mol. The molecule has 1 aromatic rings. The minimum Gasteiger partial charge on any atom is -0.397 e. The molecule has 0 saturated heterocycles. The zero-order chi connectivity index (χ0) is 14.1. The normalized spacial score (nSPS) is 12.2. The third-order valence-electron chi connectivity index (χ3n) is 2.87. The van der Waals surface area contributed by atoms with Gasteiger partial charge in [0.25, 0.3) is 0 Å². The molecule has 0 unspecified atom stereocenters. The van der Waals surface area contributed by atoms with Crippen LogP contribution >= 0.6 is 0 Å². The summed E-state index contributed by atoms with van der Waals surface area (Å²) in [5.74, 6) is -0.343. The maximum Gasteiger partial charge on any atom is 0.246 e. The van der Waals surface area contributed by atoms with E-state index in [1.54, 1.807) is 13.0 Å². The van der Waals surface area contributed by atoms with E-state index in [4.69, 9.17) is 5.73 Å². The Balaban J connectivity index is 2.99. The lowest BCUT2D eigenvalue weighted by Crippen LogP contribution is -2.44. The van der Waals surface area contributed by atoms with Gasteiger partial charge in [-0.1, -0.05) is 0 Å². The van der Waals surface area contributed by atoms with Crippen molar-refractivity contribution >= 4 is 27.2 Å². The van der Waals surface area contributed by atoms with E-state index in [0.717, 1.165) is 11.8 Å². The molecule has 0 aromatic carbocycles. The van der Waals surface area contributed by atoms with E-state index >= 15 is 0 Å². The summed E-state index contributed by atoms with van der Waals surface area (Å²) in [6.07, 6.45) is 2.44. The first-order valence-electron chi connectivity index (χ1n) is 5.29. The van der Waals surface area contributed by atoms with Gasteiger partial charge in [0.05, 0.1) is 11.9 Å². The zero-order valence-electron chi connectivity index (χ0n) is 10.8. The van der Waals surface area contributed by atoms with Gasteiger partial charge in [0.2, 0.25) is 5.91 Å². The van der Waals surface area contributed by atoms with Crippen LogP contribution in [0.3, 0.4) is 0 Å².